The zero-order chi connectivity index (χ0) is 13.8. The first kappa shape index (κ1) is 14.4. The Morgan fingerprint density at radius 3 is 2.42 bits per heavy atom. The number of nitrogens with two attached hydrogens (primary N) is 1. The second-order valence-corrected chi connectivity index (χ2v) is 5.04. The lowest BCUT2D eigenvalue weighted by molar-refractivity contribution is -0.742. The summed E-state index contributed by atoms with van der Waals surface area (Å²) in [5, 5.41) is 31.0. The van der Waals surface area contributed by atoms with Gasteiger partial charge in [0, 0.05) is 6.42 Å². The Morgan fingerprint density at radius 2 is 1.74 bits per heavy atom. The van der Waals surface area contributed by atoms with E-state index in [0.29, 0.717) is 0 Å². The van der Waals surface area contributed by atoms with Gasteiger partial charge < -0.3 is 25.4 Å². The maximum Gasteiger partial charge on any atom is 0.219 e. The second-order valence-electron chi connectivity index (χ2n) is 5.04. The molecule has 0 unspecified atom stereocenters. The van der Waals surface area contributed by atoms with E-state index in [9.17, 15) is 15.3 Å². The molecule has 106 valence electrons. The van der Waals surface area contributed by atoms with Crippen molar-refractivity contribution in [3.63, 3.8) is 0 Å². The molecule has 1 aromatic carbocycles. The van der Waals surface area contributed by atoms with Gasteiger partial charge in [0.1, 0.15) is 12.2 Å². The standard InChI is InChI=1S/C14H21NO4/c1-9-11(16)12(17)13(18)14(19-9)15-8-7-10-5-3-2-4-6-10/h2-6,9,11-18H,7-8H2,1H3/p+1/t9-,11+,12+,13+,14-/m1/s1. The average molecular weight is 268 g/mol. The number of aliphatic hydroxyl groups is 3. The normalized spacial score (nSPS) is 35.3. The van der Waals surface area contributed by atoms with Gasteiger partial charge in [-0.3, -0.25) is 0 Å². The van der Waals surface area contributed by atoms with Gasteiger partial charge in [-0.05, 0) is 12.5 Å². The largest absolute Gasteiger partial charge is 0.388 e. The quantitative estimate of drug-likeness (QED) is 0.542. The lowest BCUT2D eigenvalue weighted by Crippen LogP contribution is -2.95. The summed E-state index contributed by atoms with van der Waals surface area (Å²) in [7, 11) is 0. The maximum atomic E-state index is 9.86. The molecule has 19 heavy (non-hydrogen) atoms. The lowest BCUT2D eigenvalue weighted by Gasteiger charge is -2.37. The van der Waals surface area contributed by atoms with Crippen molar-refractivity contribution in [3.05, 3.63) is 35.9 Å². The monoisotopic (exact) mass is 268 g/mol. The van der Waals surface area contributed by atoms with Gasteiger partial charge in [0.2, 0.25) is 6.23 Å². The summed E-state index contributed by atoms with van der Waals surface area (Å²) >= 11 is 0. The van der Waals surface area contributed by atoms with Crippen LogP contribution in [0.15, 0.2) is 30.3 Å². The average Bonchev–Trinajstić information content (AvgIpc) is 2.43. The van der Waals surface area contributed by atoms with Crippen LogP contribution in [0.25, 0.3) is 0 Å². The van der Waals surface area contributed by atoms with Crippen molar-refractivity contribution in [1.29, 1.82) is 0 Å². The highest BCUT2D eigenvalue weighted by molar-refractivity contribution is 5.14. The molecule has 2 rings (SSSR count). The minimum Gasteiger partial charge on any atom is -0.388 e. The Bertz CT molecular complexity index is 386. The summed E-state index contributed by atoms with van der Waals surface area (Å²) in [6.45, 7) is 2.44. The zero-order valence-corrected chi connectivity index (χ0v) is 11.0. The van der Waals surface area contributed by atoms with Gasteiger partial charge in [-0.25, -0.2) is 0 Å². The zero-order valence-electron chi connectivity index (χ0n) is 11.0. The van der Waals surface area contributed by atoms with Crippen LogP contribution >= 0.6 is 0 Å². The van der Waals surface area contributed by atoms with Crippen LogP contribution < -0.4 is 5.32 Å². The van der Waals surface area contributed by atoms with Gasteiger partial charge in [0.05, 0.1) is 12.6 Å². The molecule has 1 fully saturated rings. The molecular weight excluding hydrogens is 246 g/mol. The molecule has 0 aromatic heterocycles. The molecule has 5 N–H and O–H groups in total. The summed E-state index contributed by atoms with van der Waals surface area (Å²) in [6.07, 6.45) is -3.40. The molecule has 0 aliphatic carbocycles. The molecule has 0 amide bonds. The maximum absolute atomic E-state index is 9.86. The fourth-order valence-electron chi connectivity index (χ4n) is 2.34. The molecule has 1 heterocycles. The smallest absolute Gasteiger partial charge is 0.219 e. The van der Waals surface area contributed by atoms with Crippen molar-refractivity contribution in [2.75, 3.05) is 6.54 Å². The first-order valence-corrected chi connectivity index (χ1v) is 6.66. The van der Waals surface area contributed by atoms with Crippen LogP contribution in [-0.2, 0) is 11.2 Å². The molecule has 1 aliphatic rings. The number of rotatable bonds is 4. The van der Waals surface area contributed by atoms with Crippen LogP contribution in [0, 0.1) is 0 Å². The van der Waals surface area contributed by atoms with Crippen LogP contribution in [-0.4, -0.2) is 52.5 Å². The van der Waals surface area contributed by atoms with Gasteiger partial charge >= 0.3 is 0 Å². The van der Waals surface area contributed by atoms with Crippen LogP contribution in [0.4, 0.5) is 0 Å². The molecule has 5 nitrogen and oxygen atoms in total. The van der Waals surface area contributed by atoms with Gasteiger partial charge in [0.25, 0.3) is 0 Å². The molecule has 5 atom stereocenters. The topological polar surface area (TPSA) is 86.5 Å². The third-order valence-corrected chi connectivity index (χ3v) is 3.56. The highest BCUT2D eigenvalue weighted by Gasteiger charge is 2.43. The van der Waals surface area contributed by atoms with E-state index in [1.54, 1.807) is 6.92 Å². The molecule has 0 spiro atoms. The molecule has 1 saturated heterocycles. The van der Waals surface area contributed by atoms with Crippen molar-refractivity contribution in [2.24, 2.45) is 0 Å². The van der Waals surface area contributed by atoms with Crippen molar-refractivity contribution in [3.8, 4) is 0 Å². The number of aliphatic hydroxyl groups excluding tert-OH is 3. The van der Waals surface area contributed by atoms with Crippen molar-refractivity contribution in [2.45, 2.75) is 44.0 Å². The predicted molar refractivity (Wildman–Crippen MR) is 69.3 cm³/mol. The third-order valence-electron chi connectivity index (χ3n) is 3.56. The summed E-state index contributed by atoms with van der Waals surface area (Å²) in [5.41, 5.74) is 1.22. The van der Waals surface area contributed by atoms with E-state index in [0.717, 1.165) is 13.0 Å². The van der Waals surface area contributed by atoms with E-state index >= 15 is 0 Å². The molecule has 0 radical (unpaired) electrons. The first-order chi connectivity index (χ1) is 9.09. The van der Waals surface area contributed by atoms with E-state index in [2.05, 4.69) is 0 Å². The van der Waals surface area contributed by atoms with Crippen LogP contribution in [0.5, 0.6) is 0 Å². The highest BCUT2D eigenvalue weighted by Crippen LogP contribution is 2.17. The lowest BCUT2D eigenvalue weighted by atomic mass is 9.99. The molecular formula is C14H22NO4+. The van der Waals surface area contributed by atoms with Gasteiger partial charge in [-0.15, -0.1) is 0 Å². The highest BCUT2D eigenvalue weighted by atomic mass is 16.5. The molecule has 1 aromatic rings. The minimum atomic E-state index is -1.15. The van der Waals surface area contributed by atoms with Gasteiger partial charge in [-0.2, -0.15) is 0 Å². The molecule has 1 aliphatic heterocycles. The fourth-order valence-corrected chi connectivity index (χ4v) is 2.34. The summed E-state index contributed by atoms with van der Waals surface area (Å²) in [6, 6.07) is 10.0. The molecule has 0 saturated carbocycles. The summed E-state index contributed by atoms with van der Waals surface area (Å²) in [4.78, 5) is 0. The summed E-state index contributed by atoms with van der Waals surface area (Å²) in [5.74, 6) is 0. The van der Waals surface area contributed by atoms with E-state index in [4.69, 9.17) is 4.74 Å². The molecule has 0 bridgehead atoms. The van der Waals surface area contributed by atoms with Crippen LogP contribution in [0.3, 0.4) is 0 Å². The Kier molecular flexibility index (Phi) is 4.90. The van der Waals surface area contributed by atoms with Gasteiger partial charge in [-0.1, -0.05) is 30.3 Å². The van der Waals surface area contributed by atoms with Crippen molar-refractivity contribution >= 4 is 0 Å². The van der Waals surface area contributed by atoms with E-state index < -0.39 is 30.6 Å². The van der Waals surface area contributed by atoms with Crippen molar-refractivity contribution in [1.82, 2.24) is 0 Å². The predicted octanol–water partition coefficient (Wildman–Crippen LogP) is -1.38. The number of benzene rings is 1. The fraction of sp³-hybridized carbons (Fsp3) is 0.571. The number of hydrogen-bond donors (Lipinski definition) is 4. The number of hydrogen-bond acceptors (Lipinski definition) is 4. The number of ether oxygens (including phenoxy) is 1. The van der Waals surface area contributed by atoms with Crippen LogP contribution in [0.2, 0.25) is 0 Å². The van der Waals surface area contributed by atoms with Crippen molar-refractivity contribution < 1.29 is 25.4 Å². The Morgan fingerprint density at radius 1 is 1.05 bits per heavy atom. The van der Waals surface area contributed by atoms with Gasteiger partial charge in [0.15, 0.2) is 6.10 Å². The SMILES string of the molecule is C[C@H]1O[C@@H]([NH2+]CCc2ccccc2)[C@@H](O)[C@@H](O)[C@H]1O. The summed E-state index contributed by atoms with van der Waals surface area (Å²) < 4.78 is 5.50. The second kappa shape index (κ2) is 6.45. The van der Waals surface area contributed by atoms with Crippen LogP contribution in [0.1, 0.15) is 12.5 Å². The first-order valence-electron chi connectivity index (χ1n) is 6.66. The number of quaternary nitrogens is 1. The Hall–Kier alpha value is -0.980. The minimum absolute atomic E-state index is 0.476. The Labute approximate surface area is 112 Å². The third kappa shape index (κ3) is 3.52. The van der Waals surface area contributed by atoms with E-state index in [1.807, 2.05) is 35.6 Å². The molecule has 5 heteroatoms. The Balaban J connectivity index is 1.82. The van der Waals surface area contributed by atoms with E-state index in [-0.39, 0.29) is 0 Å². The van der Waals surface area contributed by atoms with E-state index in [1.165, 1.54) is 5.56 Å².